The minimum absolute atomic E-state index is 0.0744. The van der Waals surface area contributed by atoms with Gasteiger partial charge in [-0.3, -0.25) is 14.3 Å². The summed E-state index contributed by atoms with van der Waals surface area (Å²) in [6.45, 7) is 1.87. The molecule has 1 aromatic heterocycles. The number of ether oxygens (including phenoxy) is 1. The molecule has 1 aromatic carbocycles. The lowest BCUT2D eigenvalue weighted by Crippen LogP contribution is -2.33. The smallest absolute Gasteiger partial charge is 0.331 e. The van der Waals surface area contributed by atoms with E-state index in [0.717, 1.165) is 10.1 Å². The van der Waals surface area contributed by atoms with Crippen LogP contribution in [0.15, 0.2) is 33.9 Å². The Kier molecular flexibility index (Phi) is 4.93. The molecule has 0 aliphatic rings. The zero-order valence-corrected chi connectivity index (χ0v) is 12.1. The molecule has 0 bridgehead atoms. The Morgan fingerprint density at radius 3 is 2.57 bits per heavy atom. The van der Waals surface area contributed by atoms with Crippen LogP contribution in [0.5, 0.6) is 0 Å². The molecule has 0 aliphatic heterocycles. The Hall–Kier alpha value is -1.92. The van der Waals surface area contributed by atoms with Crippen LogP contribution in [0.2, 0.25) is 5.15 Å². The van der Waals surface area contributed by atoms with Crippen molar-refractivity contribution in [3.63, 3.8) is 0 Å². The number of rotatable bonds is 5. The number of aromatic amines is 1. The van der Waals surface area contributed by atoms with Gasteiger partial charge in [0.1, 0.15) is 17.7 Å². The minimum Gasteiger partial charge on any atom is -0.356 e. The third-order valence-corrected chi connectivity index (χ3v) is 3.41. The average molecular weight is 313 g/mol. The molecule has 2 aromatic rings. The predicted octanol–water partition coefficient (Wildman–Crippen LogP) is 2.07. The average Bonchev–Trinajstić information content (AvgIpc) is 2.44. The fourth-order valence-electron chi connectivity index (χ4n) is 1.84. The van der Waals surface area contributed by atoms with Crippen molar-refractivity contribution in [1.82, 2.24) is 9.55 Å². The van der Waals surface area contributed by atoms with Crippen molar-refractivity contribution in [2.45, 2.75) is 26.7 Å². The number of nitrogens with zero attached hydrogens (tertiary/aromatic N) is 1. The molecule has 1 N–H and O–H groups in total. The van der Waals surface area contributed by atoms with Crippen molar-refractivity contribution < 1.29 is 9.13 Å². The van der Waals surface area contributed by atoms with Gasteiger partial charge in [-0.1, -0.05) is 30.7 Å². The fourth-order valence-corrected chi connectivity index (χ4v) is 2.19. The maximum absolute atomic E-state index is 12.8. The molecule has 7 heteroatoms. The molecule has 0 aliphatic carbocycles. The molecule has 1 heterocycles. The first kappa shape index (κ1) is 15.5. The molecule has 0 spiro atoms. The number of halogens is 2. The first-order valence-corrected chi connectivity index (χ1v) is 6.74. The highest BCUT2D eigenvalue weighted by atomic mass is 35.5. The summed E-state index contributed by atoms with van der Waals surface area (Å²) >= 11 is 6.04. The molecule has 0 atom stereocenters. The third kappa shape index (κ3) is 3.59. The van der Waals surface area contributed by atoms with E-state index in [-0.39, 0.29) is 24.3 Å². The van der Waals surface area contributed by atoms with Crippen LogP contribution in [-0.4, -0.2) is 9.55 Å². The summed E-state index contributed by atoms with van der Waals surface area (Å²) in [5.41, 5.74) is -0.00838. The molecule has 5 nitrogen and oxygen atoms in total. The van der Waals surface area contributed by atoms with Crippen molar-refractivity contribution in [1.29, 1.82) is 0 Å². The van der Waals surface area contributed by atoms with E-state index in [0.29, 0.717) is 12.0 Å². The Bertz CT molecular complexity index is 737. The van der Waals surface area contributed by atoms with E-state index in [4.69, 9.17) is 16.3 Å². The Morgan fingerprint density at radius 2 is 1.95 bits per heavy atom. The highest BCUT2D eigenvalue weighted by Crippen LogP contribution is 2.11. The van der Waals surface area contributed by atoms with Gasteiger partial charge in [0.15, 0.2) is 0 Å². The summed E-state index contributed by atoms with van der Waals surface area (Å²) in [5, 5.41) is 0.0744. The van der Waals surface area contributed by atoms with E-state index in [1.165, 1.54) is 12.1 Å². The van der Waals surface area contributed by atoms with Crippen molar-refractivity contribution in [3.8, 4) is 0 Å². The van der Waals surface area contributed by atoms with Crippen LogP contribution in [0, 0.1) is 5.82 Å². The summed E-state index contributed by atoms with van der Waals surface area (Å²) in [6.07, 6.45) is 0.409. The van der Waals surface area contributed by atoms with Gasteiger partial charge in [-0.2, -0.15) is 0 Å². The van der Waals surface area contributed by atoms with Gasteiger partial charge in [-0.15, -0.1) is 0 Å². The van der Waals surface area contributed by atoms with Crippen LogP contribution in [0.1, 0.15) is 18.1 Å². The van der Waals surface area contributed by atoms with E-state index in [1.807, 2.05) is 0 Å². The largest absolute Gasteiger partial charge is 0.356 e. The van der Waals surface area contributed by atoms with Gasteiger partial charge in [-0.05, 0) is 24.1 Å². The lowest BCUT2D eigenvalue weighted by molar-refractivity contribution is 0.0608. The molecule has 21 heavy (non-hydrogen) atoms. The standard InChI is InChI=1S/C14H14ClFN2O3/c1-2-11-12(15)18(14(20)17-13(11)19)8-21-7-9-3-5-10(16)6-4-9/h3-6H,2,7-8H2,1H3,(H,17,19,20). The second-order valence-electron chi connectivity index (χ2n) is 4.41. The molecule has 112 valence electrons. The number of H-pyrrole nitrogens is 1. The number of nitrogens with one attached hydrogen (secondary N) is 1. The van der Waals surface area contributed by atoms with E-state index < -0.39 is 11.2 Å². The second-order valence-corrected chi connectivity index (χ2v) is 4.77. The van der Waals surface area contributed by atoms with E-state index in [2.05, 4.69) is 4.98 Å². The molecule has 0 unspecified atom stereocenters. The Labute approximate surface area is 125 Å². The normalized spacial score (nSPS) is 10.8. The molecule has 0 fully saturated rings. The van der Waals surface area contributed by atoms with E-state index in [9.17, 15) is 14.0 Å². The van der Waals surface area contributed by atoms with Gasteiger partial charge in [0, 0.05) is 0 Å². The summed E-state index contributed by atoms with van der Waals surface area (Å²) in [4.78, 5) is 25.4. The van der Waals surface area contributed by atoms with Crippen molar-refractivity contribution >= 4 is 11.6 Å². The molecule has 0 saturated heterocycles. The quantitative estimate of drug-likeness (QED) is 0.860. The van der Waals surface area contributed by atoms with E-state index in [1.54, 1.807) is 19.1 Å². The van der Waals surface area contributed by atoms with Crippen LogP contribution >= 0.6 is 11.6 Å². The van der Waals surface area contributed by atoms with E-state index >= 15 is 0 Å². The fraction of sp³-hybridized carbons (Fsp3) is 0.286. The van der Waals surface area contributed by atoms with Gasteiger partial charge < -0.3 is 4.74 Å². The number of benzene rings is 1. The summed E-state index contributed by atoms with van der Waals surface area (Å²) in [6, 6.07) is 5.83. The van der Waals surface area contributed by atoms with Gasteiger partial charge in [-0.25, -0.2) is 9.18 Å². The molecule has 0 amide bonds. The van der Waals surface area contributed by atoms with Crippen LogP contribution in [0.3, 0.4) is 0 Å². The number of aromatic nitrogens is 2. The van der Waals surface area contributed by atoms with Crippen molar-refractivity contribution in [3.05, 3.63) is 67.2 Å². The van der Waals surface area contributed by atoms with Crippen LogP contribution in [-0.2, 0) is 24.5 Å². The third-order valence-electron chi connectivity index (χ3n) is 2.98. The van der Waals surface area contributed by atoms with Crippen LogP contribution < -0.4 is 11.2 Å². The minimum atomic E-state index is -0.624. The van der Waals surface area contributed by atoms with Gasteiger partial charge in [0.05, 0.1) is 12.2 Å². The first-order valence-electron chi connectivity index (χ1n) is 6.36. The monoisotopic (exact) mass is 312 g/mol. The van der Waals surface area contributed by atoms with Gasteiger partial charge in [0.25, 0.3) is 5.56 Å². The zero-order valence-electron chi connectivity index (χ0n) is 11.4. The number of hydrogen-bond acceptors (Lipinski definition) is 3. The summed E-state index contributed by atoms with van der Waals surface area (Å²) in [5.74, 6) is -0.328. The van der Waals surface area contributed by atoms with Gasteiger partial charge >= 0.3 is 5.69 Å². The lowest BCUT2D eigenvalue weighted by atomic mass is 10.2. The SMILES string of the molecule is CCc1c(Cl)n(COCc2ccc(F)cc2)c(=O)[nH]c1=O. The Morgan fingerprint density at radius 1 is 1.29 bits per heavy atom. The van der Waals surface area contributed by atoms with Crippen LogP contribution in [0.4, 0.5) is 4.39 Å². The molecule has 0 radical (unpaired) electrons. The maximum Gasteiger partial charge on any atom is 0.331 e. The molecular formula is C14H14ClFN2O3. The molecular weight excluding hydrogens is 299 g/mol. The topological polar surface area (TPSA) is 64.1 Å². The van der Waals surface area contributed by atoms with Crippen molar-refractivity contribution in [2.75, 3.05) is 0 Å². The lowest BCUT2D eigenvalue weighted by Gasteiger charge is -2.11. The highest BCUT2D eigenvalue weighted by Gasteiger charge is 2.11. The van der Waals surface area contributed by atoms with Crippen molar-refractivity contribution in [2.24, 2.45) is 0 Å². The maximum atomic E-state index is 12.8. The number of hydrogen-bond donors (Lipinski definition) is 1. The Balaban J connectivity index is 2.12. The summed E-state index contributed by atoms with van der Waals surface area (Å²) < 4.78 is 19.3. The predicted molar refractivity (Wildman–Crippen MR) is 76.9 cm³/mol. The summed E-state index contributed by atoms with van der Waals surface area (Å²) in [7, 11) is 0. The zero-order chi connectivity index (χ0) is 15.4. The second kappa shape index (κ2) is 6.69. The first-order chi connectivity index (χ1) is 10.0. The van der Waals surface area contributed by atoms with Gasteiger partial charge in [0.2, 0.25) is 0 Å². The van der Waals surface area contributed by atoms with Crippen LogP contribution in [0.25, 0.3) is 0 Å². The molecule has 0 saturated carbocycles. The molecule has 2 rings (SSSR count). The highest BCUT2D eigenvalue weighted by molar-refractivity contribution is 6.30.